The summed E-state index contributed by atoms with van der Waals surface area (Å²) in [5.41, 5.74) is 1.78. The number of aromatic nitrogens is 2. The Balaban J connectivity index is 2.78. The van der Waals surface area contributed by atoms with Gasteiger partial charge in [-0.05, 0) is 13.3 Å². The van der Waals surface area contributed by atoms with Crippen LogP contribution in [0.5, 0.6) is 0 Å². The van der Waals surface area contributed by atoms with E-state index in [9.17, 15) is 0 Å². The molecule has 1 aromatic heterocycles. The molecule has 3 N–H and O–H groups in total. The van der Waals surface area contributed by atoms with Gasteiger partial charge in [0.05, 0.1) is 35.7 Å². The van der Waals surface area contributed by atoms with Crippen LogP contribution in [0.3, 0.4) is 0 Å². The van der Waals surface area contributed by atoms with Crippen molar-refractivity contribution >= 4 is 11.6 Å². The third-order valence-corrected chi connectivity index (χ3v) is 3.13. The fraction of sp³-hybridized carbons (Fsp3) is 0.727. The van der Waals surface area contributed by atoms with Crippen LogP contribution in [0.25, 0.3) is 0 Å². The first-order chi connectivity index (χ1) is 8.17. The number of aliphatic hydroxyl groups is 2. The first kappa shape index (κ1) is 14.4. The molecule has 0 spiro atoms. The van der Waals surface area contributed by atoms with Gasteiger partial charge in [0.25, 0.3) is 0 Å². The van der Waals surface area contributed by atoms with Crippen LogP contribution in [-0.2, 0) is 19.5 Å². The molecule has 17 heavy (non-hydrogen) atoms. The molecule has 0 saturated carbocycles. The van der Waals surface area contributed by atoms with E-state index in [0.717, 1.165) is 24.4 Å². The summed E-state index contributed by atoms with van der Waals surface area (Å²) in [5, 5.41) is 26.1. The van der Waals surface area contributed by atoms with E-state index in [4.69, 9.17) is 21.8 Å². The van der Waals surface area contributed by atoms with Crippen molar-refractivity contribution in [2.24, 2.45) is 0 Å². The van der Waals surface area contributed by atoms with E-state index in [1.165, 1.54) is 0 Å². The molecule has 1 heterocycles. The molecule has 0 atom stereocenters. The zero-order chi connectivity index (χ0) is 12.8. The summed E-state index contributed by atoms with van der Waals surface area (Å²) in [5.74, 6) is 0. The molecule has 0 aliphatic carbocycles. The van der Waals surface area contributed by atoms with Crippen LogP contribution >= 0.6 is 11.6 Å². The minimum Gasteiger partial charge on any atom is -0.395 e. The minimum atomic E-state index is -0.323. The third kappa shape index (κ3) is 3.42. The number of hydrogen-bond donors (Lipinski definition) is 3. The Morgan fingerprint density at radius 3 is 2.47 bits per heavy atom. The van der Waals surface area contributed by atoms with E-state index in [2.05, 4.69) is 10.4 Å². The Morgan fingerprint density at radius 2 is 2.00 bits per heavy atom. The Labute approximate surface area is 106 Å². The highest BCUT2D eigenvalue weighted by atomic mass is 35.5. The molecule has 0 aliphatic rings. The van der Waals surface area contributed by atoms with Crippen molar-refractivity contribution in [2.45, 2.75) is 39.4 Å². The second-order valence-corrected chi connectivity index (χ2v) is 4.20. The lowest BCUT2D eigenvalue weighted by molar-refractivity contribution is 0.169. The molecular formula is C11H20ClN3O2. The van der Waals surface area contributed by atoms with Gasteiger partial charge in [0, 0.05) is 13.1 Å². The van der Waals surface area contributed by atoms with Crippen LogP contribution in [-0.4, -0.2) is 39.2 Å². The smallest absolute Gasteiger partial charge is 0.0863 e. The highest BCUT2D eigenvalue weighted by Gasteiger charge is 2.15. The normalized spacial score (nSPS) is 11.4. The van der Waals surface area contributed by atoms with Crippen LogP contribution in [0.4, 0.5) is 0 Å². The standard InChI is InChI=1S/C11H20ClN3O2/c1-3-9-11(12)10(15(4-2)14-9)5-13-8(6-16)7-17/h8,13,16-17H,3-7H2,1-2H3. The van der Waals surface area contributed by atoms with Gasteiger partial charge in [0.15, 0.2) is 0 Å². The van der Waals surface area contributed by atoms with Gasteiger partial charge in [-0.2, -0.15) is 5.10 Å². The average Bonchev–Trinajstić information content (AvgIpc) is 2.67. The van der Waals surface area contributed by atoms with E-state index in [-0.39, 0.29) is 19.3 Å². The molecule has 0 aromatic carbocycles. The number of aryl methyl sites for hydroxylation is 2. The zero-order valence-corrected chi connectivity index (χ0v) is 11.0. The molecule has 0 amide bonds. The summed E-state index contributed by atoms with van der Waals surface area (Å²) >= 11 is 6.23. The van der Waals surface area contributed by atoms with E-state index < -0.39 is 0 Å². The van der Waals surface area contributed by atoms with Gasteiger partial charge in [-0.25, -0.2) is 0 Å². The van der Waals surface area contributed by atoms with Crippen molar-refractivity contribution in [3.8, 4) is 0 Å². The van der Waals surface area contributed by atoms with Crippen molar-refractivity contribution in [3.63, 3.8) is 0 Å². The lowest BCUT2D eigenvalue weighted by atomic mass is 10.2. The van der Waals surface area contributed by atoms with Crippen molar-refractivity contribution in [1.82, 2.24) is 15.1 Å². The Hall–Kier alpha value is -0.620. The molecule has 0 saturated heterocycles. The number of hydrogen-bond acceptors (Lipinski definition) is 4. The summed E-state index contributed by atoms with van der Waals surface area (Å²) in [7, 11) is 0. The molecule has 0 bridgehead atoms. The van der Waals surface area contributed by atoms with Crippen molar-refractivity contribution in [1.29, 1.82) is 0 Å². The van der Waals surface area contributed by atoms with E-state index in [1.807, 2.05) is 18.5 Å². The summed E-state index contributed by atoms with van der Waals surface area (Å²) in [6.07, 6.45) is 0.794. The van der Waals surface area contributed by atoms with Gasteiger partial charge < -0.3 is 15.5 Å². The summed E-state index contributed by atoms with van der Waals surface area (Å²) in [6, 6.07) is -0.323. The molecule has 0 fully saturated rings. The number of nitrogens with zero attached hydrogens (tertiary/aromatic N) is 2. The van der Waals surface area contributed by atoms with Crippen molar-refractivity contribution in [3.05, 3.63) is 16.4 Å². The molecule has 0 unspecified atom stereocenters. The van der Waals surface area contributed by atoms with Gasteiger partial charge in [-0.1, -0.05) is 18.5 Å². The van der Waals surface area contributed by atoms with E-state index in [0.29, 0.717) is 11.6 Å². The zero-order valence-electron chi connectivity index (χ0n) is 10.3. The first-order valence-corrected chi connectivity index (χ1v) is 6.24. The SMILES string of the molecule is CCc1nn(CC)c(CNC(CO)CO)c1Cl. The van der Waals surface area contributed by atoms with Crippen molar-refractivity contribution in [2.75, 3.05) is 13.2 Å². The van der Waals surface area contributed by atoms with Gasteiger partial charge in [-0.15, -0.1) is 0 Å². The highest BCUT2D eigenvalue weighted by molar-refractivity contribution is 6.31. The van der Waals surface area contributed by atoms with E-state index >= 15 is 0 Å². The van der Waals surface area contributed by atoms with Gasteiger partial charge in [0.1, 0.15) is 0 Å². The molecule has 5 nitrogen and oxygen atoms in total. The quantitative estimate of drug-likeness (QED) is 0.671. The maximum Gasteiger partial charge on any atom is 0.0863 e. The number of nitrogens with one attached hydrogen (secondary N) is 1. The molecule has 1 rings (SSSR count). The van der Waals surface area contributed by atoms with Crippen LogP contribution in [0.2, 0.25) is 5.02 Å². The maximum absolute atomic E-state index is 8.97. The van der Waals surface area contributed by atoms with Crippen LogP contribution in [0.1, 0.15) is 25.2 Å². The van der Waals surface area contributed by atoms with Crippen LogP contribution in [0, 0.1) is 0 Å². The number of halogens is 1. The monoisotopic (exact) mass is 261 g/mol. The third-order valence-electron chi connectivity index (χ3n) is 2.69. The molecule has 6 heteroatoms. The largest absolute Gasteiger partial charge is 0.395 e. The van der Waals surface area contributed by atoms with Gasteiger partial charge >= 0.3 is 0 Å². The van der Waals surface area contributed by atoms with Crippen LogP contribution < -0.4 is 5.32 Å². The molecule has 0 aliphatic heterocycles. The summed E-state index contributed by atoms with van der Waals surface area (Å²) in [4.78, 5) is 0. The van der Waals surface area contributed by atoms with Crippen LogP contribution in [0.15, 0.2) is 0 Å². The average molecular weight is 262 g/mol. The predicted molar refractivity (Wildman–Crippen MR) is 67.1 cm³/mol. The number of aliphatic hydroxyl groups excluding tert-OH is 2. The summed E-state index contributed by atoms with van der Waals surface area (Å²) < 4.78 is 1.85. The second kappa shape index (κ2) is 6.96. The molecule has 1 aromatic rings. The first-order valence-electron chi connectivity index (χ1n) is 5.86. The van der Waals surface area contributed by atoms with E-state index in [1.54, 1.807) is 0 Å². The molecular weight excluding hydrogens is 242 g/mol. The highest BCUT2D eigenvalue weighted by Crippen LogP contribution is 2.21. The molecule has 0 radical (unpaired) electrons. The fourth-order valence-electron chi connectivity index (χ4n) is 1.61. The van der Waals surface area contributed by atoms with Gasteiger partial charge in [0.2, 0.25) is 0 Å². The summed E-state index contributed by atoms with van der Waals surface area (Å²) in [6.45, 7) is 5.05. The Bertz CT molecular complexity index is 351. The number of rotatable bonds is 7. The van der Waals surface area contributed by atoms with Crippen molar-refractivity contribution < 1.29 is 10.2 Å². The Kier molecular flexibility index (Phi) is 5.91. The lowest BCUT2D eigenvalue weighted by Gasteiger charge is -2.14. The predicted octanol–water partition coefficient (Wildman–Crippen LogP) is 0.562. The maximum atomic E-state index is 8.97. The lowest BCUT2D eigenvalue weighted by Crippen LogP contribution is -2.35. The minimum absolute atomic E-state index is 0.102. The second-order valence-electron chi connectivity index (χ2n) is 3.82. The van der Waals surface area contributed by atoms with Gasteiger partial charge in [-0.3, -0.25) is 4.68 Å². The molecule has 98 valence electrons. The topological polar surface area (TPSA) is 70.3 Å². The Morgan fingerprint density at radius 1 is 1.35 bits per heavy atom. The fourth-order valence-corrected chi connectivity index (χ4v) is 1.95.